The van der Waals surface area contributed by atoms with Crippen LogP contribution in [0.4, 0.5) is 0 Å². The van der Waals surface area contributed by atoms with E-state index in [1.807, 2.05) is 30.3 Å². The van der Waals surface area contributed by atoms with E-state index in [4.69, 9.17) is 5.11 Å². The normalized spacial score (nSPS) is 9.43. The summed E-state index contributed by atoms with van der Waals surface area (Å²) in [5.74, 6) is -0.884. The van der Waals surface area contributed by atoms with E-state index >= 15 is 0 Å². The molecule has 2 nitrogen and oxygen atoms in total. The molecule has 0 unspecified atom stereocenters. The van der Waals surface area contributed by atoms with Crippen molar-refractivity contribution in [2.24, 2.45) is 0 Å². The molecule has 0 aliphatic rings. The molecule has 0 spiro atoms. The van der Waals surface area contributed by atoms with E-state index in [1.54, 1.807) is 12.1 Å². The number of hydrogen-bond acceptors (Lipinski definition) is 1. The number of rotatable bonds is 1. The topological polar surface area (TPSA) is 37.3 Å². The standard InChI is InChI=1S/C11H8O2.Zn/c12-11(13)10-6-5-8-3-1-2-4-9(8)7-10;/h1-7H,(H,12,13);. The van der Waals surface area contributed by atoms with Crippen molar-refractivity contribution in [2.75, 3.05) is 0 Å². The van der Waals surface area contributed by atoms with Gasteiger partial charge in [0.15, 0.2) is 0 Å². The zero-order valence-electron chi connectivity index (χ0n) is 7.60. The van der Waals surface area contributed by atoms with Gasteiger partial charge in [0, 0.05) is 19.5 Å². The first-order valence-corrected chi connectivity index (χ1v) is 3.99. The second kappa shape index (κ2) is 4.34. The smallest absolute Gasteiger partial charge is 0.335 e. The van der Waals surface area contributed by atoms with Crippen molar-refractivity contribution >= 4 is 16.7 Å². The van der Waals surface area contributed by atoms with Gasteiger partial charge < -0.3 is 5.11 Å². The molecule has 0 amide bonds. The van der Waals surface area contributed by atoms with E-state index in [2.05, 4.69) is 0 Å². The summed E-state index contributed by atoms with van der Waals surface area (Å²) in [5.41, 5.74) is 0.332. The first-order valence-electron chi connectivity index (χ1n) is 3.99. The first-order chi connectivity index (χ1) is 6.27. The number of aromatic carboxylic acids is 1. The van der Waals surface area contributed by atoms with Crippen molar-refractivity contribution in [3.05, 3.63) is 48.0 Å². The zero-order valence-corrected chi connectivity index (χ0v) is 10.6. The summed E-state index contributed by atoms with van der Waals surface area (Å²) in [6.07, 6.45) is 0. The molecular weight excluding hydrogens is 230 g/mol. The van der Waals surface area contributed by atoms with E-state index in [0.717, 1.165) is 10.8 Å². The quantitative estimate of drug-likeness (QED) is 0.774. The van der Waals surface area contributed by atoms with Crippen LogP contribution in [0.2, 0.25) is 0 Å². The predicted octanol–water partition coefficient (Wildman–Crippen LogP) is 2.54. The molecule has 2 aromatic rings. The summed E-state index contributed by atoms with van der Waals surface area (Å²) in [4.78, 5) is 10.6. The van der Waals surface area contributed by atoms with Crippen molar-refractivity contribution in [2.45, 2.75) is 0 Å². The molecule has 66 valence electrons. The maximum Gasteiger partial charge on any atom is 0.335 e. The van der Waals surface area contributed by atoms with Gasteiger partial charge in [0.1, 0.15) is 0 Å². The average molecular weight is 238 g/mol. The van der Waals surface area contributed by atoms with Crippen LogP contribution in [0, 0.1) is 0 Å². The molecular formula is C11H8O2Zn. The van der Waals surface area contributed by atoms with Gasteiger partial charge in [-0.1, -0.05) is 30.3 Å². The van der Waals surface area contributed by atoms with Gasteiger partial charge in [-0.25, -0.2) is 4.79 Å². The van der Waals surface area contributed by atoms with Gasteiger partial charge in [-0.15, -0.1) is 0 Å². The van der Waals surface area contributed by atoms with Crippen LogP contribution in [0.25, 0.3) is 10.8 Å². The van der Waals surface area contributed by atoms with Crippen LogP contribution >= 0.6 is 0 Å². The molecule has 0 bridgehead atoms. The summed E-state index contributed by atoms with van der Waals surface area (Å²) in [6, 6.07) is 12.8. The number of benzene rings is 2. The zero-order chi connectivity index (χ0) is 9.26. The Kier molecular flexibility index (Phi) is 3.37. The van der Waals surface area contributed by atoms with Gasteiger partial charge in [0.05, 0.1) is 5.56 Å². The second-order valence-electron chi connectivity index (χ2n) is 2.87. The number of fused-ring (bicyclic) bond motifs is 1. The third-order valence-electron chi connectivity index (χ3n) is 2.00. The van der Waals surface area contributed by atoms with E-state index in [9.17, 15) is 4.79 Å². The van der Waals surface area contributed by atoms with E-state index in [0.29, 0.717) is 5.56 Å². The molecule has 0 heterocycles. The van der Waals surface area contributed by atoms with Crippen LogP contribution in [0.15, 0.2) is 42.5 Å². The van der Waals surface area contributed by atoms with Gasteiger partial charge in [-0.3, -0.25) is 0 Å². The largest absolute Gasteiger partial charge is 0.478 e. The monoisotopic (exact) mass is 236 g/mol. The number of hydrogen-bond donors (Lipinski definition) is 1. The number of carboxylic acids is 1. The number of carbonyl (C=O) groups is 1. The van der Waals surface area contributed by atoms with Gasteiger partial charge in [0.25, 0.3) is 0 Å². The molecule has 2 rings (SSSR count). The van der Waals surface area contributed by atoms with Gasteiger partial charge >= 0.3 is 5.97 Å². The molecule has 2 aromatic carbocycles. The number of carboxylic acid groups (broad SMARTS) is 1. The van der Waals surface area contributed by atoms with Crippen LogP contribution in [-0.4, -0.2) is 11.1 Å². The SMILES string of the molecule is O=C(O)c1ccc2ccccc2c1.[Zn]. The van der Waals surface area contributed by atoms with Crippen LogP contribution in [0.5, 0.6) is 0 Å². The summed E-state index contributed by atoms with van der Waals surface area (Å²) in [6.45, 7) is 0. The summed E-state index contributed by atoms with van der Waals surface area (Å²) in [5, 5.41) is 10.8. The van der Waals surface area contributed by atoms with Gasteiger partial charge in [-0.05, 0) is 22.9 Å². The van der Waals surface area contributed by atoms with Crippen molar-refractivity contribution in [3.63, 3.8) is 0 Å². The molecule has 0 aliphatic carbocycles. The molecule has 1 N–H and O–H groups in total. The first kappa shape index (κ1) is 10.9. The van der Waals surface area contributed by atoms with E-state index in [-0.39, 0.29) is 19.5 Å². The van der Waals surface area contributed by atoms with Crippen LogP contribution in [-0.2, 0) is 19.5 Å². The van der Waals surface area contributed by atoms with Crippen molar-refractivity contribution in [1.29, 1.82) is 0 Å². The fraction of sp³-hybridized carbons (Fsp3) is 0. The maximum atomic E-state index is 10.6. The summed E-state index contributed by atoms with van der Waals surface area (Å²) < 4.78 is 0. The Hall–Kier alpha value is -1.21. The Bertz CT molecular complexity index is 466. The molecule has 0 aliphatic heterocycles. The second-order valence-corrected chi connectivity index (χ2v) is 2.87. The van der Waals surface area contributed by atoms with E-state index in [1.165, 1.54) is 0 Å². The van der Waals surface area contributed by atoms with E-state index < -0.39 is 5.97 Å². The minimum Gasteiger partial charge on any atom is -0.478 e. The van der Waals surface area contributed by atoms with Crippen LogP contribution in [0.3, 0.4) is 0 Å². The third kappa shape index (κ3) is 1.99. The molecule has 14 heavy (non-hydrogen) atoms. The summed E-state index contributed by atoms with van der Waals surface area (Å²) >= 11 is 0. The fourth-order valence-corrected chi connectivity index (χ4v) is 1.32. The van der Waals surface area contributed by atoms with Crippen molar-refractivity contribution in [3.8, 4) is 0 Å². The molecule has 0 atom stereocenters. The molecule has 0 radical (unpaired) electrons. The Morgan fingerprint density at radius 2 is 1.64 bits per heavy atom. The maximum absolute atomic E-state index is 10.6. The van der Waals surface area contributed by atoms with Gasteiger partial charge in [-0.2, -0.15) is 0 Å². The Labute approximate surface area is 94.3 Å². The minimum atomic E-state index is -0.884. The summed E-state index contributed by atoms with van der Waals surface area (Å²) in [7, 11) is 0. The Balaban J connectivity index is 0.000000980. The molecule has 3 heteroatoms. The van der Waals surface area contributed by atoms with Gasteiger partial charge in [0.2, 0.25) is 0 Å². The predicted molar refractivity (Wildman–Crippen MR) is 50.9 cm³/mol. The molecule has 0 aromatic heterocycles. The molecule has 0 saturated carbocycles. The third-order valence-corrected chi connectivity index (χ3v) is 2.00. The van der Waals surface area contributed by atoms with Crippen molar-refractivity contribution in [1.82, 2.24) is 0 Å². The Morgan fingerprint density at radius 1 is 1.00 bits per heavy atom. The van der Waals surface area contributed by atoms with Crippen molar-refractivity contribution < 1.29 is 29.4 Å². The Morgan fingerprint density at radius 3 is 2.29 bits per heavy atom. The average Bonchev–Trinajstić information content (AvgIpc) is 2.17. The molecule has 0 saturated heterocycles. The van der Waals surface area contributed by atoms with Crippen LogP contribution in [0.1, 0.15) is 10.4 Å². The van der Waals surface area contributed by atoms with Crippen LogP contribution < -0.4 is 0 Å². The minimum absolute atomic E-state index is 0. The molecule has 0 fully saturated rings. The fourth-order valence-electron chi connectivity index (χ4n) is 1.32.